The Labute approximate surface area is 109 Å². The smallest absolute Gasteiger partial charge is 0.413 e. The summed E-state index contributed by atoms with van der Waals surface area (Å²) in [6.07, 6.45) is -1.62. The Kier molecular flexibility index (Phi) is 7.59. The van der Waals surface area contributed by atoms with Crippen molar-refractivity contribution in [2.75, 3.05) is 27.3 Å². The number of ether oxygens (including phenoxy) is 2. The Morgan fingerprint density at radius 2 is 2.00 bits per heavy atom. The molecule has 0 rings (SSSR count). The predicted octanol–water partition coefficient (Wildman–Crippen LogP) is 2.25. The summed E-state index contributed by atoms with van der Waals surface area (Å²) < 4.78 is 43.6. The summed E-state index contributed by atoms with van der Waals surface area (Å²) in [6.45, 7) is 4.75. The van der Waals surface area contributed by atoms with E-state index in [0.29, 0.717) is 25.1 Å². The lowest BCUT2D eigenvalue weighted by atomic mass is 10.2. The first-order valence-corrected chi connectivity index (χ1v) is 5.27. The molecule has 0 radical (unpaired) electrons. The van der Waals surface area contributed by atoms with Crippen molar-refractivity contribution in [1.29, 1.82) is 0 Å². The molecule has 19 heavy (non-hydrogen) atoms. The van der Waals surface area contributed by atoms with Gasteiger partial charge in [0.2, 0.25) is 0 Å². The van der Waals surface area contributed by atoms with E-state index in [4.69, 9.17) is 4.74 Å². The summed E-state index contributed by atoms with van der Waals surface area (Å²) in [5.74, 6) is 0. The molecule has 0 aliphatic carbocycles. The SMILES string of the molecule is C=C(/C=C\C(C=O)=C\OC(F)(F)F)N(C)CCOC. The number of aldehydes is 1. The molecular weight excluding hydrogens is 263 g/mol. The van der Waals surface area contributed by atoms with Crippen LogP contribution in [0.5, 0.6) is 0 Å². The molecule has 0 spiro atoms. The first-order valence-electron chi connectivity index (χ1n) is 5.27. The van der Waals surface area contributed by atoms with Gasteiger partial charge < -0.3 is 14.4 Å². The van der Waals surface area contributed by atoms with Crippen molar-refractivity contribution >= 4 is 6.29 Å². The monoisotopic (exact) mass is 279 g/mol. The van der Waals surface area contributed by atoms with Crippen molar-refractivity contribution in [1.82, 2.24) is 4.90 Å². The molecule has 0 saturated heterocycles. The molecule has 108 valence electrons. The van der Waals surface area contributed by atoms with Crippen LogP contribution in [0.3, 0.4) is 0 Å². The summed E-state index contributed by atoms with van der Waals surface area (Å²) in [4.78, 5) is 12.3. The van der Waals surface area contributed by atoms with E-state index in [1.807, 2.05) is 0 Å². The molecule has 0 amide bonds. The third-order valence-electron chi connectivity index (χ3n) is 2.05. The van der Waals surface area contributed by atoms with Crippen LogP contribution in [0.2, 0.25) is 0 Å². The van der Waals surface area contributed by atoms with E-state index >= 15 is 0 Å². The molecule has 4 nitrogen and oxygen atoms in total. The topological polar surface area (TPSA) is 38.8 Å². The lowest BCUT2D eigenvalue weighted by Crippen LogP contribution is -2.20. The van der Waals surface area contributed by atoms with Crippen LogP contribution in [0.25, 0.3) is 0 Å². The van der Waals surface area contributed by atoms with Crippen LogP contribution in [0, 0.1) is 0 Å². The van der Waals surface area contributed by atoms with Gasteiger partial charge in [-0.25, -0.2) is 0 Å². The second-order valence-corrected chi connectivity index (χ2v) is 3.54. The number of rotatable bonds is 8. The van der Waals surface area contributed by atoms with Gasteiger partial charge in [-0.15, -0.1) is 13.2 Å². The standard InChI is InChI=1S/C12H16F3NO3/c1-10(16(2)6-7-18-3)4-5-11(8-17)9-19-12(13,14)15/h4-5,8-9H,1,6-7H2,2-3H3/b5-4-,11-9-. The maximum absolute atomic E-state index is 11.8. The molecule has 0 fully saturated rings. The van der Waals surface area contributed by atoms with Crippen LogP contribution in [0.15, 0.2) is 36.3 Å². The zero-order chi connectivity index (χ0) is 14.9. The summed E-state index contributed by atoms with van der Waals surface area (Å²) in [5, 5.41) is 0. The lowest BCUT2D eigenvalue weighted by molar-refractivity contribution is -0.298. The fourth-order valence-electron chi connectivity index (χ4n) is 0.933. The zero-order valence-electron chi connectivity index (χ0n) is 10.7. The second kappa shape index (κ2) is 8.36. The van der Waals surface area contributed by atoms with E-state index in [9.17, 15) is 18.0 Å². The third-order valence-corrected chi connectivity index (χ3v) is 2.05. The molecule has 0 aromatic rings. The number of methoxy groups -OCH3 is 1. The van der Waals surface area contributed by atoms with Crippen molar-refractivity contribution in [3.05, 3.63) is 36.3 Å². The third kappa shape index (κ3) is 8.90. The zero-order valence-corrected chi connectivity index (χ0v) is 10.7. The van der Waals surface area contributed by atoms with E-state index < -0.39 is 6.36 Å². The average molecular weight is 279 g/mol. The molecule has 0 saturated carbocycles. The fourth-order valence-corrected chi connectivity index (χ4v) is 0.933. The Morgan fingerprint density at radius 3 is 2.47 bits per heavy atom. The van der Waals surface area contributed by atoms with Gasteiger partial charge in [-0.3, -0.25) is 4.79 Å². The highest BCUT2D eigenvalue weighted by Gasteiger charge is 2.29. The van der Waals surface area contributed by atoms with Crippen LogP contribution < -0.4 is 0 Å². The molecule has 0 unspecified atom stereocenters. The minimum Gasteiger partial charge on any atom is -0.413 e. The maximum Gasteiger partial charge on any atom is 0.572 e. The second-order valence-electron chi connectivity index (χ2n) is 3.54. The molecule has 0 aliphatic heterocycles. The number of halogens is 3. The van der Waals surface area contributed by atoms with Gasteiger partial charge in [0, 0.05) is 32.0 Å². The Bertz CT molecular complexity index is 362. The predicted molar refractivity (Wildman–Crippen MR) is 64.1 cm³/mol. The number of likely N-dealkylation sites (N-methyl/N-ethyl adjacent to an activating group) is 1. The number of alkyl halides is 3. The normalized spacial score (nSPS) is 12.6. The van der Waals surface area contributed by atoms with Gasteiger partial charge in [0.05, 0.1) is 6.61 Å². The summed E-state index contributed by atoms with van der Waals surface area (Å²) in [7, 11) is 3.29. The molecular formula is C12H16F3NO3. The highest BCUT2D eigenvalue weighted by atomic mass is 19.4. The van der Waals surface area contributed by atoms with Crippen molar-refractivity contribution in [3.63, 3.8) is 0 Å². The first-order chi connectivity index (χ1) is 8.80. The molecule has 0 aromatic carbocycles. The van der Waals surface area contributed by atoms with E-state index in [1.54, 1.807) is 19.1 Å². The van der Waals surface area contributed by atoms with Crippen LogP contribution >= 0.6 is 0 Å². The van der Waals surface area contributed by atoms with Gasteiger partial charge in [-0.1, -0.05) is 6.58 Å². The van der Waals surface area contributed by atoms with E-state index in [2.05, 4.69) is 11.3 Å². The molecule has 0 bridgehead atoms. The van der Waals surface area contributed by atoms with E-state index in [-0.39, 0.29) is 11.9 Å². The largest absolute Gasteiger partial charge is 0.572 e. The lowest BCUT2D eigenvalue weighted by Gasteiger charge is -2.18. The Morgan fingerprint density at radius 1 is 1.37 bits per heavy atom. The summed E-state index contributed by atoms with van der Waals surface area (Å²) >= 11 is 0. The van der Waals surface area contributed by atoms with Gasteiger partial charge in [0.1, 0.15) is 6.26 Å². The molecule has 7 heteroatoms. The minimum absolute atomic E-state index is 0.251. The van der Waals surface area contributed by atoms with Crippen LogP contribution in [0.4, 0.5) is 13.2 Å². The molecule has 0 N–H and O–H groups in total. The quantitative estimate of drug-likeness (QED) is 0.296. The number of allylic oxidation sites excluding steroid dienone is 3. The average Bonchev–Trinajstić information content (AvgIpc) is 2.34. The van der Waals surface area contributed by atoms with Crippen molar-refractivity contribution in [2.24, 2.45) is 0 Å². The fraction of sp³-hybridized carbons (Fsp3) is 0.417. The van der Waals surface area contributed by atoms with Crippen LogP contribution in [0.1, 0.15) is 0 Å². The van der Waals surface area contributed by atoms with Crippen LogP contribution in [-0.2, 0) is 14.3 Å². The minimum atomic E-state index is -4.81. The van der Waals surface area contributed by atoms with Gasteiger partial charge in [-0.05, 0) is 12.2 Å². The highest BCUT2D eigenvalue weighted by Crippen LogP contribution is 2.17. The number of hydrogen-bond acceptors (Lipinski definition) is 4. The number of carbonyl (C=O) groups excluding carboxylic acids is 1. The summed E-state index contributed by atoms with van der Waals surface area (Å²) in [6, 6.07) is 0. The Balaban J connectivity index is 4.49. The van der Waals surface area contributed by atoms with Crippen molar-refractivity contribution < 1.29 is 27.4 Å². The van der Waals surface area contributed by atoms with Gasteiger partial charge in [0.15, 0.2) is 6.29 Å². The first kappa shape index (κ1) is 17.2. The molecule has 0 aromatic heterocycles. The summed E-state index contributed by atoms with van der Waals surface area (Å²) in [5.41, 5.74) is 0.274. The molecule has 0 heterocycles. The number of hydrogen-bond donors (Lipinski definition) is 0. The van der Waals surface area contributed by atoms with Crippen molar-refractivity contribution in [3.8, 4) is 0 Å². The number of nitrogens with zero attached hydrogens (tertiary/aromatic N) is 1. The van der Waals surface area contributed by atoms with Crippen LogP contribution in [-0.4, -0.2) is 44.9 Å². The number of carbonyl (C=O) groups is 1. The van der Waals surface area contributed by atoms with Gasteiger partial charge >= 0.3 is 6.36 Å². The van der Waals surface area contributed by atoms with Crippen molar-refractivity contribution in [2.45, 2.75) is 6.36 Å². The van der Waals surface area contributed by atoms with Gasteiger partial charge in [-0.2, -0.15) is 0 Å². The van der Waals surface area contributed by atoms with E-state index in [0.717, 1.165) is 0 Å². The molecule has 0 aliphatic rings. The highest BCUT2D eigenvalue weighted by molar-refractivity contribution is 5.77. The Hall–Kier alpha value is -1.76. The molecule has 0 atom stereocenters. The maximum atomic E-state index is 11.8. The van der Waals surface area contributed by atoms with Gasteiger partial charge in [0.25, 0.3) is 0 Å². The van der Waals surface area contributed by atoms with E-state index in [1.165, 1.54) is 12.2 Å².